The lowest BCUT2D eigenvalue weighted by atomic mass is 9.98. The Hall–Kier alpha value is -3.19. The number of nitrogens with zero attached hydrogens (tertiary/aromatic N) is 5. The zero-order chi connectivity index (χ0) is 21.4. The summed E-state index contributed by atoms with van der Waals surface area (Å²) in [7, 11) is 0. The van der Waals surface area contributed by atoms with E-state index in [1.54, 1.807) is 30.4 Å². The van der Waals surface area contributed by atoms with Gasteiger partial charge in [0, 0.05) is 37.8 Å². The summed E-state index contributed by atoms with van der Waals surface area (Å²) in [5.41, 5.74) is 3.31. The Labute approximate surface area is 179 Å². The van der Waals surface area contributed by atoms with Gasteiger partial charge in [-0.15, -0.1) is 0 Å². The van der Waals surface area contributed by atoms with Gasteiger partial charge in [-0.25, -0.2) is 9.97 Å². The number of aromatic nitrogens is 3. The Balaban J connectivity index is 1.81. The van der Waals surface area contributed by atoms with Crippen molar-refractivity contribution in [3.8, 4) is 11.3 Å². The molecule has 0 N–H and O–H groups in total. The summed E-state index contributed by atoms with van der Waals surface area (Å²) >= 11 is 6.40. The summed E-state index contributed by atoms with van der Waals surface area (Å²) in [6, 6.07) is 7.10. The van der Waals surface area contributed by atoms with E-state index < -0.39 is 0 Å². The highest BCUT2D eigenvalue weighted by Crippen LogP contribution is 2.33. The molecule has 1 saturated heterocycles. The third-order valence-corrected chi connectivity index (χ3v) is 5.66. The number of hydrogen-bond acceptors (Lipinski definition) is 4. The van der Waals surface area contributed by atoms with E-state index >= 15 is 0 Å². The van der Waals surface area contributed by atoms with Crippen LogP contribution < -0.4 is 0 Å². The highest BCUT2D eigenvalue weighted by Gasteiger charge is 2.36. The fraction of sp³-hybridized carbons (Fsp3) is 0.273. The molecule has 2 atom stereocenters. The van der Waals surface area contributed by atoms with E-state index in [0.717, 1.165) is 16.6 Å². The maximum Gasteiger partial charge on any atom is 0.246 e. The lowest BCUT2D eigenvalue weighted by molar-refractivity contribution is -0.143. The zero-order valence-electron chi connectivity index (χ0n) is 16.8. The van der Waals surface area contributed by atoms with Gasteiger partial charge < -0.3 is 14.2 Å². The SMILES string of the molecule is C=CC(=O)N1C[C@@H](C)N(C(C)=O)[C@H](c2cc(Cl)nc(-c3cccn4cncc34)c2)C1. The summed E-state index contributed by atoms with van der Waals surface area (Å²) in [4.78, 5) is 37.0. The van der Waals surface area contributed by atoms with Crippen molar-refractivity contribution >= 4 is 28.9 Å². The molecule has 1 fully saturated rings. The second-order valence-corrected chi connectivity index (χ2v) is 7.84. The van der Waals surface area contributed by atoms with Crippen LogP contribution in [0.1, 0.15) is 25.5 Å². The van der Waals surface area contributed by atoms with E-state index in [4.69, 9.17) is 11.6 Å². The minimum Gasteiger partial charge on any atom is -0.335 e. The zero-order valence-corrected chi connectivity index (χ0v) is 17.6. The first kappa shape index (κ1) is 20.1. The predicted molar refractivity (Wildman–Crippen MR) is 115 cm³/mol. The first-order chi connectivity index (χ1) is 14.4. The molecule has 8 heteroatoms. The van der Waals surface area contributed by atoms with Crippen LogP contribution in [-0.2, 0) is 9.59 Å². The van der Waals surface area contributed by atoms with Gasteiger partial charge in [-0.05, 0) is 42.8 Å². The van der Waals surface area contributed by atoms with Crippen molar-refractivity contribution in [2.24, 2.45) is 0 Å². The van der Waals surface area contributed by atoms with E-state index in [1.165, 1.54) is 6.08 Å². The Morgan fingerprint density at radius 2 is 2.10 bits per heavy atom. The highest BCUT2D eigenvalue weighted by molar-refractivity contribution is 6.29. The minimum atomic E-state index is -0.334. The second-order valence-electron chi connectivity index (χ2n) is 7.45. The van der Waals surface area contributed by atoms with Crippen LogP contribution in [0.15, 0.2) is 55.6 Å². The summed E-state index contributed by atoms with van der Waals surface area (Å²) in [5.74, 6) is -0.204. The van der Waals surface area contributed by atoms with Crippen molar-refractivity contribution in [2.75, 3.05) is 13.1 Å². The summed E-state index contributed by atoms with van der Waals surface area (Å²) in [6.07, 6.45) is 6.71. The molecule has 1 aliphatic heterocycles. The Kier molecular flexibility index (Phi) is 5.30. The number of carbonyl (C=O) groups is 2. The van der Waals surface area contributed by atoms with Gasteiger partial charge in [0.15, 0.2) is 0 Å². The van der Waals surface area contributed by atoms with E-state index in [0.29, 0.717) is 23.9 Å². The van der Waals surface area contributed by atoms with Crippen molar-refractivity contribution in [3.05, 3.63) is 66.4 Å². The van der Waals surface area contributed by atoms with Crippen LogP contribution >= 0.6 is 11.6 Å². The van der Waals surface area contributed by atoms with Crippen molar-refractivity contribution in [3.63, 3.8) is 0 Å². The molecule has 3 aromatic rings. The Morgan fingerprint density at radius 1 is 1.30 bits per heavy atom. The number of hydrogen-bond donors (Lipinski definition) is 0. The monoisotopic (exact) mass is 423 g/mol. The van der Waals surface area contributed by atoms with E-state index in [2.05, 4.69) is 16.5 Å². The van der Waals surface area contributed by atoms with Gasteiger partial charge >= 0.3 is 0 Å². The lowest BCUT2D eigenvalue weighted by Gasteiger charge is -2.45. The van der Waals surface area contributed by atoms with E-state index in [-0.39, 0.29) is 23.9 Å². The topological polar surface area (TPSA) is 70.8 Å². The number of pyridine rings is 2. The van der Waals surface area contributed by atoms with Crippen molar-refractivity contribution in [1.82, 2.24) is 24.2 Å². The van der Waals surface area contributed by atoms with Crippen molar-refractivity contribution in [1.29, 1.82) is 0 Å². The number of carbonyl (C=O) groups excluding carboxylic acids is 2. The standard InChI is InChI=1S/C22H22ClN5O2/c1-4-22(30)27-11-14(2)28(15(3)29)20(12-27)16-8-18(25-21(23)9-16)17-6-5-7-26-13-24-10-19(17)26/h4-10,13-14,20H,1,11-12H2,2-3H3/t14-,20+/m1/s1. The molecule has 2 amide bonds. The van der Waals surface area contributed by atoms with Crippen LogP contribution in [-0.4, -0.2) is 55.1 Å². The predicted octanol–water partition coefficient (Wildman–Crippen LogP) is 3.36. The summed E-state index contributed by atoms with van der Waals surface area (Å²) in [5, 5.41) is 0.326. The smallest absolute Gasteiger partial charge is 0.246 e. The number of halogens is 1. The normalized spacial score (nSPS) is 19.2. The molecule has 0 bridgehead atoms. The maximum atomic E-state index is 12.5. The van der Waals surface area contributed by atoms with Crippen molar-refractivity contribution in [2.45, 2.75) is 25.9 Å². The van der Waals surface area contributed by atoms with Gasteiger partial charge in [-0.2, -0.15) is 0 Å². The molecule has 0 aromatic carbocycles. The fourth-order valence-electron chi connectivity index (χ4n) is 4.20. The molecule has 3 aromatic heterocycles. The molecule has 0 radical (unpaired) electrons. The number of fused-ring (bicyclic) bond motifs is 1. The van der Waals surface area contributed by atoms with E-state index in [1.807, 2.05) is 40.6 Å². The molecular weight excluding hydrogens is 402 g/mol. The molecule has 30 heavy (non-hydrogen) atoms. The van der Waals surface area contributed by atoms with Crippen LogP contribution in [0, 0.1) is 0 Å². The molecule has 0 aliphatic carbocycles. The van der Waals surface area contributed by atoms with Crippen molar-refractivity contribution < 1.29 is 9.59 Å². The molecule has 154 valence electrons. The summed E-state index contributed by atoms with van der Waals surface area (Å²) in [6.45, 7) is 7.90. The Bertz CT molecular complexity index is 1140. The van der Waals surface area contributed by atoms with E-state index in [9.17, 15) is 9.59 Å². The largest absolute Gasteiger partial charge is 0.335 e. The lowest BCUT2D eigenvalue weighted by Crippen LogP contribution is -2.56. The molecule has 4 rings (SSSR count). The molecular formula is C22H22ClN5O2. The molecule has 1 aliphatic rings. The number of amides is 2. The summed E-state index contributed by atoms with van der Waals surface area (Å²) < 4.78 is 1.91. The van der Waals surface area contributed by atoms with Gasteiger partial charge in [-0.3, -0.25) is 9.59 Å². The molecule has 0 saturated carbocycles. The maximum absolute atomic E-state index is 12.5. The van der Waals surface area contributed by atoms with Gasteiger partial charge in [0.2, 0.25) is 11.8 Å². The second kappa shape index (κ2) is 7.91. The number of rotatable bonds is 3. The average molecular weight is 424 g/mol. The molecule has 0 unspecified atom stereocenters. The number of piperazine rings is 1. The molecule has 4 heterocycles. The quantitative estimate of drug-likeness (QED) is 0.478. The van der Waals surface area contributed by atoms with Crippen LogP contribution in [0.2, 0.25) is 5.15 Å². The van der Waals surface area contributed by atoms with Crippen LogP contribution in [0.25, 0.3) is 16.8 Å². The number of imidazole rings is 1. The Morgan fingerprint density at radius 3 is 2.83 bits per heavy atom. The third-order valence-electron chi connectivity index (χ3n) is 5.47. The van der Waals surface area contributed by atoms with Gasteiger partial charge in [0.25, 0.3) is 0 Å². The van der Waals surface area contributed by atoms with Gasteiger partial charge in [-0.1, -0.05) is 18.2 Å². The van der Waals surface area contributed by atoms with Crippen LogP contribution in [0.4, 0.5) is 0 Å². The van der Waals surface area contributed by atoms with Gasteiger partial charge in [0.1, 0.15) is 5.15 Å². The minimum absolute atomic E-state index is 0.0504. The average Bonchev–Trinajstić information content (AvgIpc) is 3.20. The third kappa shape index (κ3) is 3.57. The molecule has 7 nitrogen and oxygen atoms in total. The fourth-order valence-corrected chi connectivity index (χ4v) is 4.42. The van der Waals surface area contributed by atoms with Crippen LogP contribution in [0.5, 0.6) is 0 Å². The van der Waals surface area contributed by atoms with Crippen LogP contribution in [0.3, 0.4) is 0 Å². The molecule has 0 spiro atoms. The first-order valence-electron chi connectivity index (χ1n) is 9.68. The first-order valence-corrected chi connectivity index (χ1v) is 10.1. The highest BCUT2D eigenvalue weighted by atomic mass is 35.5. The van der Waals surface area contributed by atoms with Gasteiger partial charge in [0.05, 0.1) is 29.8 Å².